The topological polar surface area (TPSA) is 104 Å². The Balaban J connectivity index is 4.08. The normalized spacial score (nSPS) is 13.7. The van der Waals surface area contributed by atoms with Gasteiger partial charge in [0.25, 0.3) is 10.1 Å². The molecule has 2 unspecified atom stereocenters. The molecule has 0 aromatic heterocycles. The Hall–Kier alpha value is -0.920. The fraction of sp³-hybridized carbons (Fsp3) is 0.903. The third-order valence-corrected chi connectivity index (χ3v) is 7.99. The van der Waals surface area contributed by atoms with Crippen LogP contribution in [0.15, 0.2) is 12.2 Å². The monoisotopic (exact) mass is 559 g/mol. The Labute approximate surface area is 235 Å². The molecule has 0 aromatic rings. The summed E-state index contributed by atoms with van der Waals surface area (Å²) in [4.78, 5) is 12.4. The van der Waals surface area contributed by atoms with Crippen molar-refractivity contribution < 1.29 is 22.9 Å². The molecule has 226 valence electrons. The molecule has 2 atom stereocenters. The zero-order valence-corrected chi connectivity index (χ0v) is 25.6. The Bertz CT molecular complexity index is 665. The summed E-state index contributed by atoms with van der Waals surface area (Å²) in [5.41, 5.74) is 0. The number of hydrogen-bond acceptors (Lipinski definition) is 4. The average Bonchev–Trinajstić information content (AvgIpc) is 2.86. The Morgan fingerprint density at radius 2 is 1.08 bits per heavy atom. The molecule has 0 aliphatic rings. The lowest BCUT2D eigenvalue weighted by Crippen LogP contribution is -2.46. The SMILES string of the molecule is CCCCCCCCCCCC/C=C/C(O)C(CS(=O)(=O)O)NC(=O)CCCCCCCCCCCCC. The molecule has 0 saturated heterocycles. The highest BCUT2D eigenvalue weighted by Crippen LogP contribution is 2.13. The van der Waals surface area contributed by atoms with Crippen molar-refractivity contribution in [2.75, 3.05) is 5.75 Å². The largest absolute Gasteiger partial charge is 0.387 e. The second-order valence-corrected chi connectivity index (χ2v) is 12.6. The molecule has 0 aliphatic carbocycles. The quantitative estimate of drug-likeness (QED) is 0.0508. The summed E-state index contributed by atoms with van der Waals surface area (Å²) >= 11 is 0. The van der Waals surface area contributed by atoms with Crippen molar-refractivity contribution in [2.24, 2.45) is 0 Å². The van der Waals surface area contributed by atoms with Crippen molar-refractivity contribution in [3.8, 4) is 0 Å². The van der Waals surface area contributed by atoms with Crippen LogP contribution in [0, 0.1) is 0 Å². The maximum Gasteiger partial charge on any atom is 0.267 e. The third-order valence-electron chi connectivity index (χ3n) is 7.21. The van der Waals surface area contributed by atoms with E-state index in [2.05, 4.69) is 19.2 Å². The fourth-order valence-electron chi connectivity index (χ4n) is 4.80. The zero-order chi connectivity index (χ0) is 28.3. The second kappa shape index (κ2) is 26.3. The van der Waals surface area contributed by atoms with Crippen molar-refractivity contribution in [1.82, 2.24) is 5.32 Å². The number of allylic oxidation sites excluding steroid dienone is 1. The zero-order valence-electron chi connectivity index (χ0n) is 24.8. The van der Waals surface area contributed by atoms with E-state index in [0.717, 1.165) is 38.5 Å². The van der Waals surface area contributed by atoms with Gasteiger partial charge >= 0.3 is 0 Å². The lowest BCUT2D eigenvalue weighted by Gasteiger charge is -2.21. The van der Waals surface area contributed by atoms with Gasteiger partial charge in [0.15, 0.2) is 0 Å². The van der Waals surface area contributed by atoms with E-state index >= 15 is 0 Å². The van der Waals surface area contributed by atoms with Crippen LogP contribution in [0.1, 0.15) is 162 Å². The smallest absolute Gasteiger partial charge is 0.267 e. The first-order chi connectivity index (χ1) is 18.3. The minimum absolute atomic E-state index is 0.281. The molecule has 0 aromatic carbocycles. The van der Waals surface area contributed by atoms with Gasteiger partial charge < -0.3 is 10.4 Å². The second-order valence-electron chi connectivity index (χ2n) is 11.1. The number of hydrogen-bond donors (Lipinski definition) is 3. The van der Waals surface area contributed by atoms with Gasteiger partial charge in [-0.2, -0.15) is 8.42 Å². The number of unbranched alkanes of at least 4 members (excludes halogenated alkanes) is 20. The molecule has 0 aliphatic heterocycles. The van der Waals surface area contributed by atoms with Crippen LogP contribution >= 0.6 is 0 Å². The summed E-state index contributed by atoms with van der Waals surface area (Å²) in [5, 5.41) is 13.1. The maximum atomic E-state index is 12.4. The molecule has 0 fully saturated rings. The van der Waals surface area contributed by atoms with Gasteiger partial charge in [0.05, 0.1) is 17.9 Å². The van der Waals surface area contributed by atoms with Gasteiger partial charge in [0.2, 0.25) is 5.91 Å². The van der Waals surface area contributed by atoms with E-state index in [4.69, 9.17) is 0 Å². The van der Waals surface area contributed by atoms with Crippen LogP contribution in [-0.2, 0) is 14.9 Å². The van der Waals surface area contributed by atoms with Crippen LogP contribution in [0.5, 0.6) is 0 Å². The van der Waals surface area contributed by atoms with Crippen LogP contribution in [0.4, 0.5) is 0 Å². The van der Waals surface area contributed by atoms with Crippen LogP contribution in [0.2, 0.25) is 0 Å². The molecule has 1 amide bonds. The number of carbonyl (C=O) groups excluding carboxylic acids is 1. The highest BCUT2D eigenvalue weighted by molar-refractivity contribution is 7.85. The summed E-state index contributed by atoms with van der Waals surface area (Å²) < 4.78 is 32.1. The van der Waals surface area contributed by atoms with Gasteiger partial charge in [-0.3, -0.25) is 9.35 Å². The molecule has 3 N–H and O–H groups in total. The Kier molecular flexibility index (Phi) is 25.7. The molecular formula is C31H61NO5S. The molecule has 0 heterocycles. The van der Waals surface area contributed by atoms with E-state index in [9.17, 15) is 22.9 Å². The number of aliphatic hydroxyl groups excluding tert-OH is 1. The summed E-state index contributed by atoms with van der Waals surface area (Å²) in [6.07, 6.45) is 29.0. The molecule has 0 saturated carbocycles. The fourth-order valence-corrected chi connectivity index (χ4v) is 5.53. The number of nitrogens with one attached hydrogen (secondary N) is 1. The van der Waals surface area contributed by atoms with Crippen molar-refractivity contribution in [3.05, 3.63) is 12.2 Å². The molecule has 0 radical (unpaired) electrons. The predicted octanol–water partition coefficient (Wildman–Crippen LogP) is 8.29. The van der Waals surface area contributed by atoms with E-state index in [1.54, 1.807) is 6.08 Å². The van der Waals surface area contributed by atoms with Crippen LogP contribution in [-0.4, -0.2) is 41.9 Å². The molecule has 0 bridgehead atoms. The Morgan fingerprint density at radius 3 is 1.50 bits per heavy atom. The van der Waals surface area contributed by atoms with Crippen molar-refractivity contribution in [1.29, 1.82) is 0 Å². The number of carbonyl (C=O) groups is 1. The molecule has 0 spiro atoms. The van der Waals surface area contributed by atoms with Gasteiger partial charge in [-0.1, -0.05) is 148 Å². The first-order valence-electron chi connectivity index (χ1n) is 15.9. The predicted molar refractivity (Wildman–Crippen MR) is 161 cm³/mol. The maximum absolute atomic E-state index is 12.4. The minimum atomic E-state index is -4.32. The first kappa shape index (κ1) is 37.1. The third kappa shape index (κ3) is 26.7. The highest BCUT2D eigenvalue weighted by atomic mass is 32.2. The summed E-state index contributed by atoms with van der Waals surface area (Å²) in [6, 6.07) is -1.05. The highest BCUT2D eigenvalue weighted by Gasteiger charge is 2.24. The molecular weight excluding hydrogens is 498 g/mol. The van der Waals surface area contributed by atoms with E-state index in [-0.39, 0.29) is 5.91 Å². The lowest BCUT2D eigenvalue weighted by molar-refractivity contribution is -0.122. The summed E-state index contributed by atoms with van der Waals surface area (Å²) in [6.45, 7) is 4.47. The van der Waals surface area contributed by atoms with E-state index in [0.29, 0.717) is 6.42 Å². The van der Waals surface area contributed by atoms with E-state index < -0.39 is 28.0 Å². The van der Waals surface area contributed by atoms with Crippen molar-refractivity contribution in [2.45, 2.75) is 174 Å². The van der Waals surface area contributed by atoms with Crippen molar-refractivity contribution >= 4 is 16.0 Å². The van der Waals surface area contributed by atoms with Gasteiger partial charge in [0.1, 0.15) is 0 Å². The van der Waals surface area contributed by atoms with E-state index in [1.165, 1.54) is 103 Å². The van der Waals surface area contributed by atoms with Crippen molar-refractivity contribution in [3.63, 3.8) is 0 Å². The Morgan fingerprint density at radius 1 is 0.684 bits per heavy atom. The molecule has 0 rings (SSSR count). The first-order valence-corrected chi connectivity index (χ1v) is 17.5. The summed E-state index contributed by atoms with van der Waals surface area (Å²) in [5.74, 6) is -0.975. The van der Waals surface area contributed by atoms with Gasteiger partial charge in [-0.15, -0.1) is 0 Å². The van der Waals surface area contributed by atoms with E-state index in [1.807, 2.05) is 6.08 Å². The van der Waals surface area contributed by atoms with Gasteiger partial charge in [0, 0.05) is 6.42 Å². The van der Waals surface area contributed by atoms with Gasteiger partial charge in [-0.25, -0.2) is 0 Å². The molecule has 7 heteroatoms. The number of rotatable bonds is 28. The van der Waals surface area contributed by atoms with Crippen LogP contribution in [0.25, 0.3) is 0 Å². The summed E-state index contributed by atoms with van der Waals surface area (Å²) in [7, 11) is -4.32. The minimum Gasteiger partial charge on any atom is -0.387 e. The standard InChI is InChI=1S/C31H61NO5S/c1-3-5-7-9-11-13-15-17-18-20-22-24-26-30(33)29(28-38(35,36)37)32-31(34)27-25-23-21-19-16-14-12-10-8-6-4-2/h24,26,29-30,33H,3-23,25,27-28H2,1-2H3,(H,32,34)(H,35,36,37)/b26-24+. The number of aliphatic hydroxyl groups is 1. The lowest BCUT2D eigenvalue weighted by atomic mass is 10.0. The number of amides is 1. The molecule has 6 nitrogen and oxygen atoms in total. The molecule has 38 heavy (non-hydrogen) atoms. The van der Waals surface area contributed by atoms with Crippen LogP contribution in [0.3, 0.4) is 0 Å². The van der Waals surface area contributed by atoms with Crippen LogP contribution < -0.4 is 5.32 Å². The average molecular weight is 560 g/mol. The van der Waals surface area contributed by atoms with Gasteiger partial charge in [-0.05, 0) is 19.3 Å².